The number of aromatic amines is 1. The van der Waals surface area contributed by atoms with E-state index >= 15 is 0 Å². The molecule has 0 saturated heterocycles. The van der Waals surface area contributed by atoms with E-state index in [1.54, 1.807) is 6.20 Å². The third-order valence-electron chi connectivity index (χ3n) is 2.25. The van der Waals surface area contributed by atoms with E-state index in [0.717, 1.165) is 0 Å². The van der Waals surface area contributed by atoms with Crippen molar-refractivity contribution in [1.82, 2.24) is 15.0 Å². The fourth-order valence-electron chi connectivity index (χ4n) is 1.54. The molecule has 0 spiro atoms. The van der Waals surface area contributed by atoms with Gasteiger partial charge in [-0.05, 0) is 5.56 Å². The van der Waals surface area contributed by atoms with Crippen LogP contribution in [0.2, 0.25) is 5.15 Å². The van der Waals surface area contributed by atoms with Crippen molar-refractivity contribution in [1.29, 1.82) is 0 Å². The molecule has 84 valence electrons. The SMILES string of the molecule is NC(CC(=O)O)c1c[nH]c2ncnc(Cl)c12. The van der Waals surface area contributed by atoms with Crippen LogP contribution in [-0.4, -0.2) is 26.0 Å². The molecule has 6 nitrogen and oxygen atoms in total. The van der Waals surface area contributed by atoms with Gasteiger partial charge in [0.25, 0.3) is 0 Å². The Hall–Kier alpha value is -1.66. The van der Waals surface area contributed by atoms with Gasteiger partial charge in [0.15, 0.2) is 0 Å². The van der Waals surface area contributed by atoms with Gasteiger partial charge in [-0.3, -0.25) is 4.79 Å². The first-order valence-electron chi connectivity index (χ1n) is 4.54. The van der Waals surface area contributed by atoms with E-state index in [1.165, 1.54) is 6.33 Å². The van der Waals surface area contributed by atoms with Crippen molar-refractivity contribution in [3.05, 3.63) is 23.2 Å². The third-order valence-corrected chi connectivity index (χ3v) is 2.53. The smallest absolute Gasteiger partial charge is 0.305 e. The predicted octanol–water partition coefficient (Wildman–Crippen LogP) is 1.09. The largest absolute Gasteiger partial charge is 0.481 e. The summed E-state index contributed by atoms with van der Waals surface area (Å²) >= 11 is 5.91. The van der Waals surface area contributed by atoms with Crippen molar-refractivity contribution in [3.63, 3.8) is 0 Å². The standard InChI is InChI=1S/C9H9ClN4O2/c10-8-7-4(5(11)1-6(15)16)2-12-9(7)14-3-13-8/h2-3,5H,1,11H2,(H,15,16)(H,12,13,14). The van der Waals surface area contributed by atoms with Gasteiger partial charge in [-0.25, -0.2) is 9.97 Å². The van der Waals surface area contributed by atoms with Gasteiger partial charge in [-0.1, -0.05) is 11.6 Å². The van der Waals surface area contributed by atoms with E-state index in [4.69, 9.17) is 22.4 Å². The minimum absolute atomic E-state index is 0.168. The maximum absolute atomic E-state index is 10.6. The molecule has 0 aliphatic heterocycles. The monoisotopic (exact) mass is 240 g/mol. The van der Waals surface area contributed by atoms with Crippen LogP contribution in [0.3, 0.4) is 0 Å². The fourth-order valence-corrected chi connectivity index (χ4v) is 1.78. The van der Waals surface area contributed by atoms with Crippen LogP contribution < -0.4 is 5.73 Å². The molecular formula is C9H9ClN4O2. The van der Waals surface area contributed by atoms with Gasteiger partial charge in [0.2, 0.25) is 0 Å². The molecule has 16 heavy (non-hydrogen) atoms. The van der Waals surface area contributed by atoms with Gasteiger partial charge < -0.3 is 15.8 Å². The Bertz CT molecular complexity index is 539. The van der Waals surface area contributed by atoms with E-state index in [-0.39, 0.29) is 11.6 Å². The summed E-state index contributed by atoms with van der Waals surface area (Å²) in [6, 6.07) is -0.630. The molecule has 2 aromatic heterocycles. The van der Waals surface area contributed by atoms with Crippen LogP contribution in [0.1, 0.15) is 18.0 Å². The van der Waals surface area contributed by atoms with Crippen molar-refractivity contribution >= 4 is 28.6 Å². The number of halogens is 1. The lowest BCUT2D eigenvalue weighted by Gasteiger charge is -2.07. The number of hydrogen-bond acceptors (Lipinski definition) is 4. The van der Waals surface area contributed by atoms with E-state index in [0.29, 0.717) is 16.6 Å². The van der Waals surface area contributed by atoms with Gasteiger partial charge >= 0.3 is 5.97 Å². The molecule has 0 fully saturated rings. The highest BCUT2D eigenvalue weighted by Gasteiger charge is 2.17. The van der Waals surface area contributed by atoms with Crippen LogP contribution in [0, 0.1) is 0 Å². The van der Waals surface area contributed by atoms with Gasteiger partial charge in [-0.2, -0.15) is 0 Å². The fraction of sp³-hybridized carbons (Fsp3) is 0.222. The van der Waals surface area contributed by atoms with Crippen molar-refractivity contribution in [2.24, 2.45) is 5.73 Å². The zero-order valence-electron chi connectivity index (χ0n) is 8.14. The Morgan fingerprint density at radius 1 is 1.62 bits per heavy atom. The Labute approximate surface area is 95.5 Å². The number of aromatic nitrogens is 3. The van der Waals surface area contributed by atoms with Crippen molar-refractivity contribution in [3.8, 4) is 0 Å². The molecule has 0 bridgehead atoms. The van der Waals surface area contributed by atoms with Crippen LogP contribution >= 0.6 is 11.6 Å². The van der Waals surface area contributed by atoms with Gasteiger partial charge in [-0.15, -0.1) is 0 Å². The van der Waals surface area contributed by atoms with Crippen molar-refractivity contribution < 1.29 is 9.90 Å². The van der Waals surface area contributed by atoms with Gasteiger partial charge in [0.05, 0.1) is 11.8 Å². The maximum atomic E-state index is 10.6. The van der Waals surface area contributed by atoms with Crippen LogP contribution in [-0.2, 0) is 4.79 Å². The lowest BCUT2D eigenvalue weighted by Crippen LogP contribution is -2.14. The summed E-state index contributed by atoms with van der Waals surface area (Å²) in [5.41, 5.74) is 6.93. The number of carboxylic acid groups (broad SMARTS) is 1. The molecular weight excluding hydrogens is 232 g/mol. The molecule has 0 amide bonds. The van der Waals surface area contributed by atoms with Crippen LogP contribution in [0.4, 0.5) is 0 Å². The average Bonchev–Trinajstić information content (AvgIpc) is 2.61. The number of hydrogen-bond donors (Lipinski definition) is 3. The Balaban J connectivity index is 2.48. The summed E-state index contributed by atoms with van der Waals surface area (Å²) in [6.07, 6.45) is 2.77. The molecule has 4 N–H and O–H groups in total. The number of nitrogens with zero attached hydrogens (tertiary/aromatic N) is 2. The Morgan fingerprint density at radius 3 is 3.06 bits per heavy atom. The number of rotatable bonds is 3. The minimum Gasteiger partial charge on any atom is -0.481 e. The first-order valence-corrected chi connectivity index (χ1v) is 4.92. The van der Waals surface area contributed by atoms with E-state index in [1.807, 2.05) is 0 Å². The molecule has 7 heteroatoms. The van der Waals surface area contributed by atoms with Crippen LogP contribution in [0.5, 0.6) is 0 Å². The summed E-state index contributed by atoms with van der Waals surface area (Å²) in [4.78, 5) is 21.2. The van der Waals surface area contributed by atoms with E-state index in [9.17, 15) is 4.79 Å². The number of nitrogens with two attached hydrogens (primary N) is 1. The lowest BCUT2D eigenvalue weighted by atomic mass is 10.1. The summed E-state index contributed by atoms with van der Waals surface area (Å²) < 4.78 is 0. The highest BCUT2D eigenvalue weighted by Crippen LogP contribution is 2.27. The average molecular weight is 241 g/mol. The number of carboxylic acids is 1. The number of nitrogens with one attached hydrogen (secondary N) is 1. The summed E-state index contributed by atoms with van der Waals surface area (Å²) in [6.45, 7) is 0. The second-order valence-electron chi connectivity index (χ2n) is 3.34. The van der Waals surface area contributed by atoms with Gasteiger partial charge in [0, 0.05) is 12.2 Å². The molecule has 0 aliphatic rings. The van der Waals surface area contributed by atoms with Gasteiger partial charge in [0.1, 0.15) is 17.1 Å². The van der Waals surface area contributed by atoms with Crippen molar-refractivity contribution in [2.75, 3.05) is 0 Å². The number of carbonyl (C=O) groups is 1. The minimum atomic E-state index is -0.963. The Kier molecular flexibility index (Phi) is 2.76. The second-order valence-corrected chi connectivity index (χ2v) is 3.69. The highest BCUT2D eigenvalue weighted by molar-refractivity contribution is 6.34. The molecule has 0 aliphatic carbocycles. The molecule has 2 aromatic rings. The van der Waals surface area contributed by atoms with Crippen LogP contribution in [0.15, 0.2) is 12.5 Å². The first kappa shape index (κ1) is 10.8. The molecule has 1 atom stereocenters. The lowest BCUT2D eigenvalue weighted by molar-refractivity contribution is -0.137. The zero-order valence-corrected chi connectivity index (χ0v) is 8.90. The predicted molar refractivity (Wildman–Crippen MR) is 58.1 cm³/mol. The highest BCUT2D eigenvalue weighted by atomic mass is 35.5. The molecule has 1 unspecified atom stereocenters. The zero-order chi connectivity index (χ0) is 11.7. The number of H-pyrrole nitrogens is 1. The molecule has 0 radical (unpaired) electrons. The molecule has 0 aromatic carbocycles. The summed E-state index contributed by atoms with van der Waals surface area (Å²) in [5.74, 6) is -0.963. The van der Waals surface area contributed by atoms with Crippen molar-refractivity contribution in [2.45, 2.75) is 12.5 Å². The molecule has 2 heterocycles. The molecule has 0 saturated carbocycles. The number of aliphatic carboxylic acids is 1. The third kappa shape index (κ3) is 1.84. The maximum Gasteiger partial charge on any atom is 0.305 e. The van der Waals surface area contributed by atoms with E-state index in [2.05, 4.69) is 15.0 Å². The quantitative estimate of drug-likeness (QED) is 0.697. The van der Waals surface area contributed by atoms with E-state index < -0.39 is 12.0 Å². The number of fused-ring (bicyclic) bond motifs is 1. The second kappa shape index (κ2) is 4.07. The summed E-state index contributed by atoms with van der Waals surface area (Å²) in [5, 5.41) is 9.52. The van der Waals surface area contributed by atoms with Crippen LogP contribution in [0.25, 0.3) is 11.0 Å². The topological polar surface area (TPSA) is 105 Å². The molecule has 2 rings (SSSR count). The first-order chi connectivity index (χ1) is 7.59. The Morgan fingerprint density at radius 2 is 2.38 bits per heavy atom. The summed E-state index contributed by atoms with van der Waals surface area (Å²) in [7, 11) is 0. The normalized spacial score (nSPS) is 12.9.